The molecule has 0 atom stereocenters. The minimum absolute atomic E-state index is 0.0155. The van der Waals surface area contributed by atoms with E-state index in [1.165, 1.54) is 11.2 Å². The van der Waals surface area contributed by atoms with Crippen molar-refractivity contribution in [1.82, 2.24) is 30.3 Å². The maximum Gasteiger partial charge on any atom is 0.259 e. The predicted molar refractivity (Wildman–Crippen MR) is 103 cm³/mol. The number of carbonyl (C=O) groups is 1. The fourth-order valence-electron chi connectivity index (χ4n) is 2.16. The van der Waals surface area contributed by atoms with Crippen LogP contribution in [0, 0.1) is 0 Å². The summed E-state index contributed by atoms with van der Waals surface area (Å²) in [5, 5.41) is 10.5. The Morgan fingerprint density at radius 3 is 2.81 bits per heavy atom. The summed E-state index contributed by atoms with van der Waals surface area (Å²) in [7, 11) is 5.25. The Bertz CT molecular complexity index is 771. The third-order valence-corrected chi connectivity index (χ3v) is 3.74. The molecule has 2 rings (SSSR count). The highest BCUT2D eigenvalue weighted by atomic mass is 16.5. The van der Waals surface area contributed by atoms with Gasteiger partial charge < -0.3 is 20.3 Å². The highest BCUT2D eigenvalue weighted by molar-refractivity contribution is 5.79. The molecule has 2 aromatic rings. The quantitative estimate of drug-likeness (QED) is 0.518. The van der Waals surface area contributed by atoms with Crippen molar-refractivity contribution >= 4 is 11.9 Å². The molecule has 0 saturated carbocycles. The normalized spacial score (nSPS) is 11.2. The minimum atomic E-state index is -0.0826. The van der Waals surface area contributed by atoms with Crippen molar-refractivity contribution in [3.05, 3.63) is 42.0 Å². The Labute approximate surface area is 159 Å². The van der Waals surface area contributed by atoms with Gasteiger partial charge in [-0.15, -0.1) is 0 Å². The predicted octanol–water partition coefficient (Wildman–Crippen LogP) is 0.537. The Morgan fingerprint density at radius 2 is 2.15 bits per heavy atom. The topological polar surface area (TPSA) is 96.7 Å². The number of carbonyl (C=O) groups excluding carboxylic acids is 1. The molecule has 0 spiro atoms. The Balaban J connectivity index is 1.95. The molecule has 9 nitrogen and oxygen atoms in total. The number of aromatic nitrogens is 3. The number of hydrogen-bond donors (Lipinski definition) is 2. The molecule has 0 fully saturated rings. The van der Waals surface area contributed by atoms with E-state index >= 15 is 0 Å². The van der Waals surface area contributed by atoms with Crippen LogP contribution in [0.1, 0.15) is 18.3 Å². The molecule has 0 aliphatic rings. The van der Waals surface area contributed by atoms with Gasteiger partial charge in [0.15, 0.2) is 12.6 Å². The van der Waals surface area contributed by atoms with Crippen LogP contribution < -0.4 is 15.4 Å². The molecular weight excluding hydrogens is 346 g/mol. The number of ether oxygens (including phenoxy) is 1. The standard InChI is InChI=1S/C18H27N7O2/c1-5-19-18(21-11-16-22-13-23-25(16)4)20-10-14-7-6-8-15(9-14)27-12-17(26)24(2)3/h6-9,13H,5,10-12H2,1-4H3,(H2,19,20,21). The second-order valence-electron chi connectivity index (χ2n) is 6.07. The van der Waals surface area contributed by atoms with Crippen molar-refractivity contribution in [1.29, 1.82) is 0 Å². The second kappa shape index (κ2) is 10.1. The van der Waals surface area contributed by atoms with Crippen LogP contribution >= 0.6 is 0 Å². The lowest BCUT2D eigenvalue weighted by Gasteiger charge is -2.12. The van der Waals surface area contributed by atoms with Crippen LogP contribution in [0.15, 0.2) is 35.6 Å². The lowest BCUT2D eigenvalue weighted by Crippen LogP contribution is -2.37. The zero-order valence-corrected chi connectivity index (χ0v) is 16.3. The largest absolute Gasteiger partial charge is 0.484 e. The average molecular weight is 373 g/mol. The van der Waals surface area contributed by atoms with E-state index in [2.05, 4.69) is 25.7 Å². The van der Waals surface area contributed by atoms with Crippen LogP contribution in [0.4, 0.5) is 0 Å². The first-order valence-electron chi connectivity index (χ1n) is 8.76. The van der Waals surface area contributed by atoms with Crippen LogP contribution in [-0.4, -0.2) is 58.8 Å². The van der Waals surface area contributed by atoms with Crippen molar-refractivity contribution in [2.45, 2.75) is 20.0 Å². The lowest BCUT2D eigenvalue weighted by atomic mass is 10.2. The van der Waals surface area contributed by atoms with E-state index < -0.39 is 0 Å². The van der Waals surface area contributed by atoms with Crippen LogP contribution in [-0.2, 0) is 24.9 Å². The summed E-state index contributed by atoms with van der Waals surface area (Å²) in [6.07, 6.45) is 1.52. The number of guanidine groups is 1. The summed E-state index contributed by atoms with van der Waals surface area (Å²) >= 11 is 0. The molecule has 0 bridgehead atoms. The van der Waals surface area contributed by atoms with Gasteiger partial charge in [-0.3, -0.25) is 9.48 Å². The number of nitrogens with zero attached hydrogens (tertiary/aromatic N) is 5. The van der Waals surface area contributed by atoms with Crippen molar-refractivity contribution in [3.63, 3.8) is 0 Å². The van der Waals surface area contributed by atoms with Gasteiger partial charge in [0.1, 0.15) is 17.9 Å². The van der Waals surface area contributed by atoms with Crippen molar-refractivity contribution in [2.75, 3.05) is 27.2 Å². The Morgan fingerprint density at radius 1 is 1.33 bits per heavy atom. The molecule has 9 heteroatoms. The summed E-state index contributed by atoms with van der Waals surface area (Å²) < 4.78 is 7.26. The Hall–Kier alpha value is -3.10. The Kier molecular flexibility index (Phi) is 7.60. The molecule has 0 aliphatic heterocycles. The number of hydrogen-bond acceptors (Lipinski definition) is 5. The van der Waals surface area contributed by atoms with Crippen LogP contribution in [0.25, 0.3) is 0 Å². The zero-order chi connectivity index (χ0) is 19.6. The number of nitrogens with one attached hydrogen (secondary N) is 2. The number of likely N-dealkylation sites (N-methyl/N-ethyl adjacent to an activating group) is 1. The number of aliphatic imine (C=N–C) groups is 1. The molecule has 0 unspecified atom stereocenters. The monoisotopic (exact) mass is 373 g/mol. The summed E-state index contributed by atoms with van der Waals surface area (Å²) in [5.41, 5.74) is 0.987. The summed E-state index contributed by atoms with van der Waals surface area (Å²) in [5.74, 6) is 2.08. The van der Waals surface area contributed by atoms with E-state index in [9.17, 15) is 4.79 Å². The molecular formula is C18H27N7O2. The van der Waals surface area contributed by atoms with Gasteiger partial charge >= 0.3 is 0 Å². The summed E-state index contributed by atoms with van der Waals surface area (Å²) in [6, 6.07) is 7.57. The van der Waals surface area contributed by atoms with E-state index in [4.69, 9.17) is 4.74 Å². The first-order valence-corrected chi connectivity index (χ1v) is 8.76. The van der Waals surface area contributed by atoms with E-state index in [1.807, 2.05) is 38.2 Å². The molecule has 0 saturated heterocycles. The van der Waals surface area contributed by atoms with Crippen molar-refractivity contribution in [2.24, 2.45) is 12.0 Å². The van der Waals surface area contributed by atoms with Crippen molar-refractivity contribution < 1.29 is 9.53 Å². The van der Waals surface area contributed by atoms with Gasteiger partial charge in [-0.05, 0) is 24.6 Å². The maximum atomic E-state index is 11.6. The van der Waals surface area contributed by atoms with E-state index in [0.29, 0.717) is 24.8 Å². The molecule has 146 valence electrons. The van der Waals surface area contributed by atoms with Gasteiger partial charge in [0, 0.05) is 27.7 Å². The highest BCUT2D eigenvalue weighted by Gasteiger charge is 2.06. The smallest absolute Gasteiger partial charge is 0.259 e. The average Bonchev–Trinajstić information content (AvgIpc) is 3.07. The van der Waals surface area contributed by atoms with Crippen LogP contribution in [0.2, 0.25) is 0 Å². The lowest BCUT2D eigenvalue weighted by molar-refractivity contribution is -0.130. The van der Waals surface area contributed by atoms with Crippen LogP contribution in [0.5, 0.6) is 5.75 Å². The molecule has 0 aliphatic carbocycles. The number of benzene rings is 1. The fourth-order valence-corrected chi connectivity index (χ4v) is 2.16. The van der Waals surface area contributed by atoms with E-state index in [0.717, 1.165) is 17.9 Å². The summed E-state index contributed by atoms with van der Waals surface area (Å²) in [6.45, 7) is 3.78. The minimum Gasteiger partial charge on any atom is -0.484 e. The van der Waals surface area contributed by atoms with Gasteiger partial charge in [-0.1, -0.05) is 12.1 Å². The zero-order valence-electron chi connectivity index (χ0n) is 16.3. The first kappa shape index (κ1) is 20.2. The molecule has 1 aromatic heterocycles. The molecule has 2 N–H and O–H groups in total. The molecule has 1 heterocycles. The van der Waals surface area contributed by atoms with Gasteiger partial charge in [0.2, 0.25) is 0 Å². The third-order valence-electron chi connectivity index (χ3n) is 3.74. The molecule has 0 radical (unpaired) electrons. The van der Waals surface area contributed by atoms with Gasteiger partial charge in [0.25, 0.3) is 5.91 Å². The maximum absolute atomic E-state index is 11.6. The second-order valence-corrected chi connectivity index (χ2v) is 6.07. The van der Waals surface area contributed by atoms with Gasteiger partial charge in [-0.25, -0.2) is 9.98 Å². The van der Waals surface area contributed by atoms with Crippen molar-refractivity contribution in [3.8, 4) is 5.75 Å². The first-order chi connectivity index (χ1) is 13.0. The van der Waals surface area contributed by atoms with E-state index in [1.54, 1.807) is 18.8 Å². The van der Waals surface area contributed by atoms with E-state index in [-0.39, 0.29) is 12.5 Å². The van der Waals surface area contributed by atoms with Gasteiger partial charge in [-0.2, -0.15) is 5.10 Å². The highest BCUT2D eigenvalue weighted by Crippen LogP contribution is 2.14. The molecule has 27 heavy (non-hydrogen) atoms. The van der Waals surface area contributed by atoms with Gasteiger partial charge in [0.05, 0.1) is 13.1 Å². The fraction of sp³-hybridized carbons (Fsp3) is 0.444. The van der Waals surface area contributed by atoms with Crippen LogP contribution in [0.3, 0.4) is 0 Å². The summed E-state index contributed by atoms with van der Waals surface area (Å²) in [4.78, 5) is 21.9. The SMILES string of the molecule is CCNC(=NCc1cccc(OCC(=O)N(C)C)c1)NCc1ncnn1C. The number of rotatable bonds is 8. The number of amides is 1. The molecule has 1 amide bonds. The molecule has 1 aromatic carbocycles. The third kappa shape index (κ3) is 6.61. The number of aryl methyl sites for hydroxylation is 1.